The Morgan fingerprint density at radius 3 is 0.607 bits per heavy atom. The largest absolute Gasteiger partial charge is 0.481 e. The summed E-state index contributed by atoms with van der Waals surface area (Å²) in [6.45, 7) is 21.9. The fraction of sp³-hybridized carbons (Fsp3) is 0.800. The first-order valence-corrected chi connectivity index (χ1v) is 8.76. The van der Waals surface area contributed by atoms with Crippen molar-refractivity contribution < 1.29 is 38.5 Å². The van der Waals surface area contributed by atoms with Crippen LogP contribution in [0.25, 0.3) is 0 Å². The number of hydrogen-bond donors (Lipinski definition) is 1. The predicted molar refractivity (Wildman–Crippen MR) is 108 cm³/mol. The van der Waals surface area contributed by atoms with Gasteiger partial charge in [-0.1, -0.05) is 0 Å². The Morgan fingerprint density at radius 2 is 0.607 bits per heavy atom. The zero-order valence-corrected chi connectivity index (χ0v) is 19.8. The fourth-order valence-corrected chi connectivity index (χ4v) is 1.29. The van der Waals surface area contributed by atoms with Crippen molar-refractivity contribution >= 4 is 23.9 Å². The van der Waals surface area contributed by atoms with E-state index in [9.17, 15) is 14.4 Å². The van der Waals surface area contributed by atoms with E-state index in [1.807, 2.05) is 62.3 Å². The van der Waals surface area contributed by atoms with E-state index in [-0.39, 0.29) is 34.7 Å². The van der Waals surface area contributed by atoms with E-state index in [0.717, 1.165) is 6.92 Å². The van der Waals surface area contributed by atoms with Gasteiger partial charge in [0, 0.05) is 27.7 Å². The summed E-state index contributed by atoms with van der Waals surface area (Å²) in [4.78, 5) is 39.7. The van der Waals surface area contributed by atoms with Gasteiger partial charge in [-0.05, 0) is 62.3 Å². The summed E-state index contributed by atoms with van der Waals surface area (Å²) in [6, 6.07) is 0. The average Bonchev–Trinajstić information content (AvgIpc) is 2.16. The number of hydrogen-bond acceptors (Lipinski definition) is 7. The number of esters is 3. The molecule has 0 aliphatic carbocycles. The highest BCUT2D eigenvalue weighted by Gasteiger charge is 2.13. The summed E-state index contributed by atoms with van der Waals surface area (Å²) >= 11 is 0. The minimum absolute atomic E-state index is 0.225. The van der Waals surface area contributed by atoms with E-state index in [1.165, 1.54) is 20.8 Å². The molecule has 0 aromatic rings. The number of aliphatic carboxylic acids is 1. The van der Waals surface area contributed by atoms with Crippen molar-refractivity contribution in [1.82, 2.24) is 0 Å². The highest BCUT2D eigenvalue weighted by atomic mass is 16.6. The molecule has 0 saturated carbocycles. The number of rotatable bonds is 0. The van der Waals surface area contributed by atoms with Crippen LogP contribution in [0.1, 0.15) is 90.0 Å². The molecule has 0 rings (SSSR count). The summed E-state index contributed by atoms with van der Waals surface area (Å²) in [5.74, 6) is -1.51. The number of carboxylic acids is 1. The van der Waals surface area contributed by atoms with Crippen LogP contribution >= 0.6 is 0 Å². The lowest BCUT2D eigenvalue weighted by Gasteiger charge is -2.17. The molecule has 0 atom stereocenters. The Morgan fingerprint density at radius 1 is 0.500 bits per heavy atom. The molecule has 0 aromatic carbocycles. The molecule has 0 saturated heterocycles. The molecule has 0 aliphatic heterocycles. The van der Waals surface area contributed by atoms with Crippen LogP contribution in [0.5, 0.6) is 0 Å². The third-order valence-electron chi connectivity index (χ3n) is 1.35. The van der Waals surface area contributed by atoms with Gasteiger partial charge in [-0.15, -0.1) is 0 Å². The molecule has 8 heteroatoms. The van der Waals surface area contributed by atoms with Crippen molar-refractivity contribution in [2.24, 2.45) is 0 Å². The number of carboxylic acid groups (broad SMARTS) is 1. The Bertz CT molecular complexity index is 408. The van der Waals surface area contributed by atoms with E-state index in [4.69, 9.17) is 24.1 Å². The quantitative estimate of drug-likeness (QED) is 0.470. The van der Waals surface area contributed by atoms with E-state index in [2.05, 4.69) is 0 Å². The lowest BCUT2D eigenvalue weighted by atomic mass is 10.2. The highest BCUT2D eigenvalue weighted by molar-refractivity contribution is 5.67. The molecule has 0 heterocycles. The van der Waals surface area contributed by atoms with Crippen molar-refractivity contribution in [2.75, 3.05) is 0 Å². The van der Waals surface area contributed by atoms with Crippen molar-refractivity contribution in [3.8, 4) is 0 Å². The molecule has 0 fully saturated rings. The van der Waals surface area contributed by atoms with E-state index in [1.54, 1.807) is 0 Å². The first-order valence-electron chi connectivity index (χ1n) is 8.76. The van der Waals surface area contributed by atoms with Gasteiger partial charge in [0.1, 0.15) is 16.8 Å². The number of ether oxygens (including phenoxy) is 3. The molecular formula is C20H40O8. The van der Waals surface area contributed by atoms with E-state index >= 15 is 0 Å². The minimum atomic E-state index is -0.833. The van der Waals surface area contributed by atoms with E-state index in [0.29, 0.717) is 0 Å². The molecule has 28 heavy (non-hydrogen) atoms. The maximum Gasteiger partial charge on any atom is 0.303 e. The summed E-state index contributed by atoms with van der Waals surface area (Å²) in [5.41, 5.74) is -0.983. The Labute approximate surface area is 169 Å². The molecule has 0 unspecified atom stereocenters. The van der Waals surface area contributed by atoms with Crippen molar-refractivity contribution in [3.63, 3.8) is 0 Å². The van der Waals surface area contributed by atoms with Crippen LogP contribution in [-0.2, 0) is 33.4 Å². The molecule has 0 aromatic heterocycles. The van der Waals surface area contributed by atoms with Gasteiger partial charge in [0.25, 0.3) is 5.97 Å². The first-order chi connectivity index (χ1) is 12.0. The van der Waals surface area contributed by atoms with Gasteiger partial charge in [-0.25, -0.2) is 0 Å². The van der Waals surface area contributed by atoms with Gasteiger partial charge < -0.3 is 19.3 Å². The summed E-state index contributed by atoms with van der Waals surface area (Å²) in [5, 5.41) is 7.42. The van der Waals surface area contributed by atoms with Crippen LogP contribution in [-0.4, -0.2) is 45.8 Å². The van der Waals surface area contributed by atoms with Gasteiger partial charge in [0.05, 0.1) is 0 Å². The molecule has 0 aliphatic rings. The Kier molecular flexibility index (Phi) is 17.8. The highest BCUT2D eigenvalue weighted by Crippen LogP contribution is 2.06. The van der Waals surface area contributed by atoms with Gasteiger partial charge in [0.2, 0.25) is 0 Å². The molecule has 0 bridgehead atoms. The zero-order valence-electron chi connectivity index (χ0n) is 19.8. The SMILES string of the molecule is CC(=O)O.CC(=O)OC(C)(C)C.CC(=O)OC(C)(C)C.CC(=O)OC(C)(C)C. The minimum Gasteiger partial charge on any atom is -0.481 e. The normalized spacial score (nSPS) is 10.3. The average molecular weight is 409 g/mol. The molecule has 0 spiro atoms. The standard InChI is InChI=1S/3C6H12O2.C2H4O2/c3*1-5(7)8-6(2,3)4;1-2(3)4/h3*1-4H3;1H3,(H,3,4). The van der Waals surface area contributed by atoms with E-state index < -0.39 is 5.97 Å². The molecule has 168 valence electrons. The number of carbonyl (C=O) groups excluding carboxylic acids is 3. The Balaban J connectivity index is -0.000000141. The summed E-state index contributed by atoms with van der Waals surface area (Å²) < 4.78 is 14.4. The molecule has 0 amide bonds. The molecule has 1 N–H and O–H groups in total. The summed E-state index contributed by atoms with van der Waals surface area (Å²) in [7, 11) is 0. The third-order valence-corrected chi connectivity index (χ3v) is 1.35. The monoisotopic (exact) mass is 408 g/mol. The first kappa shape index (κ1) is 33.5. The topological polar surface area (TPSA) is 116 Å². The molecule has 8 nitrogen and oxygen atoms in total. The van der Waals surface area contributed by atoms with Crippen LogP contribution in [0.15, 0.2) is 0 Å². The Hall–Kier alpha value is -2.12. The van der Waals surface area contributed by atoms with Gasteiger partial charge in [0.15, 0.2) is 0 Å². The van der Waals surface area contributed by atoms with Crippen LogP contribution in [0.2, 0.25) is 0 Å². The second-order valence-corrected chi connectivity index (χ2v) is 8.64. The van der Waals surface area contributed by atoms with Crippen LogP contribution < -0.4 is 0 Å². The maximum absolute atomic E-state index is 10.2. The molecular weight excluding hydrogens is 368 g/mol. The predicted octanol–water partition coefficient (Wildman–Crippen LogP) is 4.13. The summed E-state index contributed by atoms with van der Waals surface area (Å²) in [6.07, 6.45) is 0. The zero-order chi connectivity index (χ0) is 23.9. The van der Waals surface area contributed by atoms with Gasteiger partial charge >= 0.3 is 17.9 Å². The van der Waals surface area contributed by atoms with Crippen LogP contribution in [0.3, 0.4) is 0 Å². The van der Waals surface area contributed by atoms with Gasteiger partial charge in [-0.2, -0.15) is 0 Å². The molecule has 0 radical (unpaired) electrons. The lowest BCUT2D eigenvalue weighted by molar-refractivity contribution is -0.153. The second-order valence-electron chi connectivity index (χ2n) is 8.64. The van der Waals surface area contributed by atoms with Crippen molar-refractivity contribution in [1.29, 1.82) is 0 Å². The smallest absolute Gasteiger partial charge is 0.303 e. The van der Waals surface area contributed by atoms with Crippen molar-refractivity contribution in [3.05, 3.63) is 0 Å². The van der Waals surface area contributed by atoms with Crippen LogP contribution in [0.4, 0.5) is 0 Å². The number of carbonyl (C=O) groups is 4. The fourth-order valence-electron chi connectivity index (χ4n) is 1.29. The lowest BCUT2D eigenvalue weighted by Crippen LogP contribution is -2.21. The maximum atomic E-state index is 10.2. The second kappa shape index (κ2) is 14.9. The third kappa shape index (κ3) is 75.4. The van der Waals surface area contributed by atoms with Crippen LogP contribution in [0, 0.1) is 0 Å². The van der Waals surface area contributed by atoms with Crippen molar-refractivity contribution in [2.45, 2.75) is 107 Å². The van der Waals surface area contributed by atoms with Gasteiger partial charge in [-0.3, -0.25) is 19.2 Å².